The van der Waals surface area contributed by atoms with Crippen molar-refractivity contribution in [2.75, 3.05) is 23.3 Å². The van der Waals surface area contributed by atoms with Crippen LogP contribution < -0.4 is 15.5 Å². The highest BCUT2D eigenvalue weighted by atomic mass is 16.2. The van der Waals surface area contributed by atoms with E-state index in [9.17, 15) is 19.2 Å². The van der Waals surface area contributed by atoms with Crippen molar-refractivity contribution in [3.63, 3.8) is 0 Å². The number of anilines is 2. The highest BCUT2D eigenvalue weighted by Crippen LogP contribution is 2.31. The van der Waals surface area contributed by atoms with Gasteiger partial charge in [-0.05, 0) is 60.0 Å². The minimum absolute atomic E-state index is 0.0878. The summed E-state index contributed by atoms with van der Waals surface area (Å²) in [4.78, 5) is 53.0. The summed E-state index contributed by atoms with van der Waals surface area (Å²) in [5.74, 6) is -0.883. The van der Waals surface area contributed by atoms with Crippen molar-refractivity contribution in [3.05, 3.63) is 72.3 Å². The smallest absolute Gasteiger partial charge is 0.325 e. The van der Waals surface area contributed by atoms with Crippen molar-refractivity contribution >= 4 is 45.9 Å². The van der Waals surface area contributed by atoms with E-state index in [0.717, 1.165) is 27.8 Å². The van der Waals surface area contributed by atoms with E-state index < -0.39 is 29.9 Å². The zero-order chi connectivity index (χ0) is 23.9. The number of imide groups is 1. The fourth-order valence-corrected chi connectivity index (χ4v) is 4.53. The summed E-state index contributed by atoms with van der Waals surface area (Å²) in [6.07, 6.45) is 1.38. The van der Waals surface area contributed by atoms with E-state index >= 15 is 0 Å². The third kappa shape index (κ3) is 3.77. The van der Waals surface area contributed by atoms with Gasteiger partial charge < -0.3 is 15.5 Å². The molecule has 172 valence electrons. The zero-order valence-electron chi connectivity index (χ0n) is 18.7. The summed E-state index contributed by atoms with van der Waals surface area (Å²) in [6.45, 7) is 1.93. The monoisotopic (exact) mass is 456 g/mol. The summed E-state index contributed by atoms with van der Waals surface area (Å²) in [7, 11) is 0. The van der Waals surface area contributed by atoms with Gasteiger partial charge in [-0.1, -0.05) is 36.4 Å². The van der Waals surface area contributed by atoms with Crippen molar-refractivity contribution in [1.29, 1.82) is 0 Å². The van der Waals surface area contributed by atoms with Crippen LogP contribution in [0.4, 0.5) is 16.2 Å². The van der Waals surface area contributed by atoms with Crippen molar-refractivity contribution in [3.8, 4) is 0 Å². The van der Waals surface area contributed by atoms with Gasteiger partial charge in [0, 0.05) is 24.3 Å². The molecule has 2 aliphatic heterocycles. The van der Waals surface area contributed by atoms with Crippen LogP contribution >= 0.6 is 0 Å². The number of carbonyl (C=O) groups excluding carboxylic acids is 4. The first-order valence-corrected chi connectivity index (χ1v) is 11.2. The van der Waals surface area contributed by atoms with Gasteiger partial charge in [-0.2, -0.15) is 0 Å². The Hall–Kier alpha value is -4.20. The van der Waals surface area contributed by atoms with E-state index in [1.807, 2.05) is 42.5 Å². The zero-order valence-corrected chi connectivity index (χ0v) is 18.7. The van der Waals surface area contributed by atoms with Crippen LogP contribution in [-0.2, 0) is 19.9 Å². The second-order valence-corrected chi connectivity index (χ2v) is 8.75. The Bertz CT molecular complexity index is 1320. The van der Waals surface area contributed by atoms with Crippen LogP contribution in [0.2, 0.25) is 0 Å². The Morgan fingerprint density at radius 3 is 2.44 bits per heavy atom. The van der Waals surface area contributed by atoms with Gasteiger partial charge in [-0.3, -0.25) is 19.3 Å². The number of nitrogens with zero attached hydrogens (tertiary/aromatic N) is 2. The molecule has 34 heavy (non-hydrogen) atoms. The second-order valence-electron chi connectivity index (χ2n) is 8.75. The molecular weight excluding hydrogens is 432 g/mol. The maximum Gasteiger partial charge on any atom is 0.325 e. The van der Waals surface area contributed by atoms with Crippen LogP contribution in [0.15, 0.2) is 66.7 Å². The number of hydrogen-bond donors (Lipinski definition) is 2. The lowest BCUT2D eigenvalue weighted by atomic mass is 9.90. The fraction of sp³-hybridized carbons (Fsp3) is 0.231. The van der Waals surface area contributed by atoms with Gasteiger partial charge in [0.2, 0.25) is 11.8 Å². The van der Waals surface area contributed by atoms with Gasteiger partial charge >= 0.3 is 6.03 Å². The Kier molecular flexibility index (Phi) is 5.28. The van der Waals surface area contributed by atoms with E-state index in [1.54, 1.807) is 36.1 Å². The molecule has 8 nitrogen and oxygen atoms in total. The van der Waals surface area contributed by atoms with Crippen LogP contribution in [-0.4, -0.2) is 41.7 Å². The van der Waals surface area contributed by atoms with Crippen molar-refractivity contribution in [2.45, 2.75) is 25.3 Å². The molecule has 2 aliphatic rings. The Labute approximate surface area is 196 Å². The second kappa shape index (κ2) is 8.30. The SMILES string of the molecule is C[C@@]1(c2ccc3ccccc3c2)NC(=O)N(CC(=O)Nc2ccc(N3CCCC3=O)cc2)C1=O. The minimum Gasteiger partial charge on any atom is -0.325 e. The average molecular weight is 457 g/mol. The molecule has 1 atom stereocenters. The number of hydrogen-bond acceptors (Lipinski definition) is 4. The fourth-order valence-electron chi connectivity index (χ4n) is 4.53. The van der Waals surface area contributed by atoms with Gasteiger partial charge in [0.15, 0.2) is 0 Å². The van der Waals surface area contributed by atoms with Gasteiger partial charge in [0.25, 0.3) is 5.91 Å². The summed E-state index contributed by atoms with van der Waals surface area (Å²) >= 11 is 0. The van der Waals surface area contributed by atoms with Crippen molar-refractivity contribution in [2.24, 2.45) is 0 Å². The first kappa shape index (κ1) is 21.6. The minimum atomic E-state index is -1.26. The third-order valence-corrected chi connectivity index (χ3v) is 6.44. The van der Waals surface area contributed by atoms with Gasteiger partial charge in [-0.25, -0.2) is 4.79 Å². The highest BCUT2D eigenvalue weighted by Gasteiger charge is 2.49. The molecule has 8 heteroatoms. The van der Waals surface area contributed by atoms with Crippen molar-refractivity contribution < 1.29 is 19.2 Å². The normalized spacial score (nSPS) is 20.2. The lowest BCUT2D eigenvalue weighted by molar-refractivity contribution is -0.133. The molecule has 5 amide bonds. The molecule has 3 aromatic rings. The van der Waals surface area contributed by atoms with Crippen LogP contribution in [0.5, 0.6) is 0 Å². The average Bonchev–Trinajstić information content (AvgIpc) is 3.36. The van der Waals surface area contributed by atoms with Crippen LogP contribution in [0.1, 0.15) is 25.3 Å². The van der Waals surface area contributed by atoms with E-state index in [-0.39, 0.29) is 5.91 Å². The molecular formula is C26H24N4O4. The number of nitrogens with one attached hydrogen (secondary N) is 2. The highest BCUT2D eigenvalue weighted by molar-refractivity contribution is 6.10. The molecule has 0 aliphatic carbocycles. The number of carbonyl (C=O) groups is 4. The Morgan fingerprint density at radius 2 is 1.74 bits per heavy atom. The first-order chi connectivity index (χ1) is 16.3. The summed E-state index contributed by atoms with van der Waals surface area (Å²) in [6, 6.07) is 19.7. The van der Waals surface area contributed by atoms with E-state index in [1.165, 1.54) is 0 Å². The predicted octanol–water partition coefficient (Wildman–Crippen LogP) is 3.37. The number of rotatable bonds is 5. The number of fused-ring (bicyclic) bond motifs is 1. The maximum absolute atomic E-state index is 13.2. The molecule has 2 heterocycles. The first-order valence-electron chi connectivity index (χ1n) is 11.2. The van der Waals surface area contributed by atoms with Gasteiger partial charge in [0.1, 0.15) is 12.1 Å². The summed E-state index contributed by atoms with van der Waals surface area (Å²) < 4.78 is 0. The molecule has 3 aromatic carbocycles. The van der Waals surface area contributed by atoms with Gasteiger partial charge in [0.05, 0.1) is 0 Å². The summed E-state index contributed by atoms with van der Waals surface area (Å²) in [5.41, 5.74) is 0.690. The molecule has 0 unspecified atom stereocenters. The quantitative estimate of drug-likeness (QED) is 0.575. The number of amides is 5. The molecule has 2 fully saturated rings. The molecule has 0 saturated carbocycles. The lowest BCUT2D eigenvalue weighted by Crippen LogP contribution is -2.42. The van der Waals surface area contributed by atoms with Crippen LogP contribution in [0.25, 0.3) is 10.8 Å². The molecule has 0 aromatic heterocycles. The topological polar surface area (TPSA) is 98.8 Å². The Morgan fingerprint density at radius 1 is 1.00 bits per heavy atom. The van der Waals surface area contributed by atoms with E-state index in [4.69, 9.17) is 0 Å². The molecule has 0 radical (unpaired) electrons. The number of urea groups is 1. The summed E-state index contributed by atoms with van der Waals surface area (Å²) in [5, 5.41) is 7.44. The Balaban J connectivity index is 1.27. The van der Waals surface area contributed by atoms with Crippen molar-refractivity contribution in [1.82, 2.24) is 10.2 Å². The van der Waals surface area contributed by atoms with E-state index in [0.29, 0.717) is 24.2 Å². The largest absolute Gasteiger partial charge is 0.325 e. The molecule has 2 N–H and O–H groups in total. The van der Waals surface area contributed by atoms with Crippen LogP contribution in [0, 0.1) is 0 Å². The standard InChI is InChI=1S/C26H24N4O4/c1-26(19-9-8-17-5-2-3-6-18(17)15-19)24(33)30(25(34)28-26)16-22(31)27-20-10-12-21(13-11-20)29-14-4-7-23(29)32/h2-3,5-6,8-13,15H,4,7,14,16H2,1H3,(H,27,31)(H,28,34)/t26-/m0/s1. The molecule has 0 spiro atoms. The predicted molar refractivity (Wildman–Crippen MR) is 128 cm³/mol. The maximum atomic E-state index is 13.2. The molecule has 2 saturated heterocycles. The van der Waals surface area contributed by atoms with Gasteiger partial charge in [-0.15, -0.1) is 0 Å². The lowest BCUT2D eigenvalue weighted by Gasteiger charge is -2.22. The molecule has 5 rings (SSSR count). The third-order valence-electron chi connectivity index (χ3n) is 6.44. The molecule has 0 bridgehead atoms. The number of benzene rings is 3. The van der Waals surface area contributed by atoms with Crippen LogP contribution in [0.3, 0.4) is 0 Å². The van der Waals surface area contributed by atoms with E-state index in [2.05, 4.69) is 10.6 Å².